The zero-order valence-electron chi connectivity index (χ0n) is 12.5. The van der Waals surface area contributed by atoms with Crippen LogP contribution < -0.4 is 0 Å². The Morgan fingerprint density at radius 1 is 1.00 bits per heavy atom. The minimum Gasteiger partial charge on any atom is -0.362 e. The van der Waals surface area contributed by atoms with Crippen molar-refractivity contribution in [1.29, 1.82) is 0 Å². The van der Waals surface area contributed by atoms with Gasteiger partial charge in [0.05, 0.1) is 0 Å². The van der Waals surface area contributed by atoms with Crippen molar-refractivity contribution in [2.45, 2.75) is 19.3 Å². The first kappa shape index (κ1) is 15.7. The van der Waals surface area contributed by atoms with Gasteiger partial charge >= 0.3 is 0 Å². The number of piperidine rings is 1. The molecule has 0 spiro atoms. The maximum absolute atomic E-state index is 5.66. The fourth-order valence-electron chi connectivity index (χ4n) is 3.06. The van der Waals surface area contributed by atoms with E-state index >= 15 is 0 Å². The monoisotopic (exact) mass is 373 g/mol. The minimum absolute atomic E-state index is 0.784. The fourth-order valence-corrected chi connectivity index (χ4v) is 3.65. The SMILES string of the molecule is S=C(c1ccc(Br)cc1)N1CCC(Cc2ccccc2)CC1. The van der Waals surface area contributed by atoms with Crippen molar-refractivity contribution >= 4 is 33.1 Å². The molecule has 0 amide bonds. The third-order valence-electron chi connectivity index (χ3n) is 4.36. The van der Waals surface area contributed by atoms with Gasteiger partial charge in [0.2, 0.25) is 0 Å². The second-order valence-corrected chi connectivity index (χ2v) is 7.23. The molecule has 1 saturated heterocycles. The quantitative estimate of drug-likeness (QED) is 0.690. The molecule has 0 aromatic heterocycles. The first-order valence-corrected chi connectivity index (χ1v) is 9.01. The van der Waals surface area contributed by atoms with E-state index in [0.29, 0.717) is 0 Å². The molecule has 2 aromatic carbocycles. The van der Waals surface area contributed by atoms with Crippen LogP contribution in [0.1, 0.15) is 24.0 Å². The number of rotatable bonds is 3. The van der Waals surface area contributed by atoms with Crippen LogP contribution in [0.3, 0.4) is 0 Å². The summed E-state index contributed by atoms with van der Waals surface area (Å²) in [6.07, 6.45) is 3.65. The summed E-state index contributed by atoms with van der Waals surface area (Å²) < 4.78 is 1.10. The molecule has 0 bridgehead atoms. The van der Waals surface area contributed by atoms with Gasteiger partial charge in [-0.05, 0) is 42.9 Å². The van der Waals surface area contributed by atoms with Crippen molar-refractivity contribution in [2.75, 3.05) is 13.1 Å². The average Bonchev–Trinajstić information content (AvgIpc) is 2.57. The van der Waals surface area contributed by atoms with Crippen LogP contribution in [-0.2, 0) is 6.42 Å². The molecule has 1 fully saturated rings. The Kier molecular flexibility index (Phi) is 5.27. The van der Waals surface area contributed by atoms with Gasteiger partial charge in [-0.1, -0.05) is 70.6 Å². The van der Waals surface area contributed by atoms with Gasteiger partial charge in [0.1, 0.15) is 4.99 Å². The molecule has 0 unspecified atom stereocenters. The van der Waals surface area contributed by atoms with Crippen molar-refractivity contribution in [2.24, 2.45) is 5.92 Å². The van der Waals surface area contributed by atoms with Gasteiger partial charge in [-0.15, -0.1) is 0 Å². The maximum atomic E-state index is 5.66. The first-order valence-electron chi connectivity index (χ1n) is 7.81. The molecule has 0 radical (unpaired) electrons. The highest BCUT2D eigenvalue weighted by Crippen LogP contribution is 2.23. The molecule has 22 heavy (non-hydrogen) atoms. The number of hydrogen-bond acceptors (Lipinski definition) is 1. The molecule has 0 atom stereocenters. The molecule has 1 nitrogen and oxygen atoms in total. The van der Waals surface area contributed by atoms with E-state index in [-0.39, 0.29) is 0 Å². The van der Waals surface area contributed by atoms with E-state index in [4.69, 9.17) is 12.2 Å². The molecule has 114 valence electrons. The Hall–Kier alpha value is -1.19. The highest BCUT2D eigenvalue weighted by molar-refractivity contribution is 9.10. The Balaban J connectivity index is 1.55. The van der Waals surface area contributed by atoms with E-state index < -0.39 is 0 Å². The van der Waals surface area contributed by atoms with Gasteiger partial charge in [-0.25, -0.2) is 0 Å². The fraction of sp³-hybridized carbons (Fsp3) is 0.316. The second-order valence-electron chi connectivity index (χ2n) is 5.93. The zero-order chi connectivity index (χ0) is 15.4. The van der Waals surface area contributed by atoms with Crippen LogP contribution >= 0.6 is 28.1 Å². The Bertz CT molecular complexity index is 616. The van der Waals surface area contributed by atoms with Crippen LogP contribution in [0.15, 0.2) is 59.1 Å². The van der Waals surface area contributed by atoms with Gasteiger partial charge < -0.3 is 4.90 Å². The number of nitrogens with zero attached hydrogens (tertiary/aromatic N) is 1. The summed E-state index contributed by atoms with van der Waals surface area (Å²) in [5.74, 6) is 0.784. The van der Waals surface area contributed by atoms with Crippen molar-refractivity contribution in [3.8, 4) is 0 Å². The number of halogens is 1. The highest BCUT2D eigenvalue weighted by Gasteiger charge is 2.21. The van der Waals surface area contributed by atoms with E-state index in [0.717, 1.165) is 34.0 Å². The number of benzene rings is 2. The second kappa shape index (κ2) is 7.38. The Labute approximate surface area is 146 Å². The summed E-state index contributed by atoms with van der Waals surface area (Å²) in [6.45, 7) is 2.15. The smallest absolute Gasteiger partial charge is 0.109 e. The van der Waals surface area contributed by atoms with Gasteiger partial charge in [-0.3, -0.25) is 0 Å². The summed E-state index contributed by atoms with van der Waals surface area (Å²) in [4.78, 5) is 3.35. The Morgan fingerprint density at radius 2 is 1.64 bits per heavy atom. The molecular formula is C19H20BrNS. The standard InChI is InChI=1S/C19H20BrNS/c20-18-8-6-17(7-9-18)19(22)21-12-10-16(11-13-21)14-15-4-2-1-3-5-15/h1-9,16H,10-14H2. The predicted molar refractivity (Wildman–Crippen MR) is 100 cm³/mol. The Morgan fingerprint density at radius 3 is 2.27 bits per heavy atom. The summed E-state index contributed by atoms with van der Waals surface area (Å²) in [6, 6.07) is 19.1. The maximum Gasteiger partial charge on any atom is 0.109 e. The van der Waals surface area contributed by atoms with Crippen LogP contribution in [0.4, 0.5) is 0 Å². The topological polar surface area (TPSA) is 3.24 Å². The molecule has 1 aliphatic rings. The zero-order valence-corrected chi connectivity index (χ0v) is 14.9. The molecule has 0 saturated carbocycles. The molecule has 2 aromatic rings. The lowest BCUT2D eigenvalue weighted by atomic mass is 9.90. The molecule has 3 heteroatoms. The lowest BCUT2D eigenvalue weighted by molar-refractivity contribution is 0.268. The molecule has 0 aliphatic carbocycles. The highest BCUT2D eigenvalue weighted by atomic mass is 79.9. The molecule has 1 heterocycles. The van der Waals surface area contributed by atoms with E-state index in [2.05, 4.69) is 75.4 Å². The first-order chi connectivity index (χ1) is 10.7. The third-order valence-corrected chi connectivity index (χ3v) is 5.38. The molecule has 1 aliphatic heterocycles. The van der Waals surface area contributed by atoms with Crippen LogP contribution in [-0.4, -0.2) is 23.0 Å². The lowest BCUT2D eigenvalue weighted by Crippen LogP contribution is -2.38. The molecular weight excluding hydrogens is 354 g/mol. The summed E-state index contributed by atoms with van der Waals surface area (Å²) in [7, 11) is 0. The van der Waals surface area contributed by atoms with Gasteiger partial charge in [0, 0.05) is 23.1 Å². The third kappa shape index (κ3) is 3.96. The van der Waals surface area contributed by atoms with Crippen LogP contribution in [0.5, 0.6) is 0 Å². The van der Waals surface area contributed by atoms with E-state index in [1.165, 1.54) is 24.8 Å². The summed E-state index contributed by atoms with van der Waals surface area (Å²) >= 11 is 9.14. The van der Waals surface area contributed by atoms with Crippen molar-refractivity contribution in [3.63, 3.8) is 0 Å². The number of hydrogen-bond donors (Lipinski definition) is 0. The summed E-state index contributed by atoms with van der Waals surface area (Å²) in [5.41, 5.74) is 2.61. The van der Waals surface area contributed by atoms with Crippen LogP contribution in [0.25, 0.3) is 0 Å². The van der Waals surface area contributed by atoms with Gasteiger partial charge in [0.25, 0.3) is 0 Å². The molecule has 3 rings (SSSR count). The normalized spacial score (nSPS) is 15.8. The van der Waals surface area contributed by atoms with E-state index in [1.807, 2.05) is 0 Å². The van der Waals surface area contributed by atoms with E-state index in [1.54, 1.807) is 0 Å². The van der Waals surface area contributed by atoms with Crippen LogP contribution in [0.2, 0.25) is 0 Å². The van der Waals surface area contributed by atoms with Crippen molar-refractivity contribution in [1.82, 2.24) is 4.90 Å². The van der Waals surface area contributed by atoms with Gasteiger partial charge in [-0.2, -0.15) is 0 Å². The van der Waals surface area contributed by atoms with Gasteiger partial charge in [0.15, 0.2) is 0 Å². The van der Waals surface area contributed by atoms with Crippen LogP contribution in [0, 0.1) is 5.92 Å². The van der Waals surface area contributed by atoms with E-state index in [9.17, 15) is 0 Å². The number of thiocarbonyl (C=S) groups is 1. The molecule has 0 N–H and O–H groups in total. The predicted octanol–water partition coefficient (Wildman–Crippen LogP) is 5.08. The number of likely N-dealkylation sites (tertiary alicyclic amines) is 1. The summed E-state index contributed by atoms with van der Waals surface area (Å²) in [5, 5.41) is 0. The largest absolute Gasteiger partial charge is 0.362 e. The van der Waals surface area contributed by atoms with Crippen molar-refractivity contribution < 1.29 is 0 Å². The lowest BCUT2D eigenvalue weighted by Gasteiger charge is -2.34. The average molecular weight is 374 g/mol. The minimum atomic E-state index is 0.784. The van der Waals surface area contributed by atoms with Crippen molar-refractivity contribution in [3.05, 3.63) is 70.2 Å².